The molecule has 0 bridgehead atoms. The summed E-state index contributed by atoms with van der Waals surface area (Å²) in [4.78, 5) is 64.4. The van der Waals surface area contributed by atoms with Crippen molar-refractivity contribution in [2.45, 2.75) is 168 Å². The number of hydrogen-bond acceptors (Lipinski definition) is 7. The number of nitro groups is 1. The van der Waals surface area contributed by atoms with Crippen molar-refractivity contribution in [3.8, 4) is 0 Å². The normalized spacial score (nSPS) is 31.9. The lowest BCUT2D eigenvalue weighted by Gasteiger charge is -2.34. The lowest BCUT2D eigenvalue weighted by molar-refractivity contribution is -0.490. The van der Waals surface area contributed by atoms with Crippen molar-refractivity contribution in [1.82, 2.24) is 0 Å². The van der Waals surface area contributed by atoms with E-state index in [4.69, 9.17) is 4.74 Å². The van der Waals surface area contributed by atoms with Gasteiger partial charge in [-0.2, -0.15) is 0 Å². The maximum absolute atomic E-state index is 13.7. The van der Waals surface area contributed by atoms with E-state index in [1.54, 1.807) is 0 Å². The molecule has 8 nitrogen and oxygen atoms in total. The lowest BCUT2D eigenvalue weighted by atomic mass is 9.70. The highest BCUT2D eigenvalue weighted by atomic mass is 16.6. The standard InChI is InChI=1S/C39H63NO7/c1-39(2,3)47-38(44)34-19-11-6-14-29(34)22-25-36(42)32-17-9-4-12-27(32)20-23-35(41)31-16-8-5-13-28(31)21-24-37(43)33-18-10-7-15-30(33)26-40(45)46/h27-34H,4-26H2,1-3H3/t27-,28-,29-,30-,31+,32+,33+,34+/m0/s1. The molecule has 0 saturated heterocycles. The van der Waals surface area contributed by atoms with Gasteiger partial charge in [0, 0.05) is 47.9 Å². The number of ketones is 3. The van der Waals surface area contributed by atoms with E-state index < -0.39 is 5.60 Å². The predicted molar refractivity (Wildman–Crippen MR) is 182 cm³/mol. The summed E-state index contributed by atoms with van der Waals surface area (Å²) in [5, 5.41) is 11.2. The van der Waals surface area contributed by atoms with Gasteiger partial charge < -0.3 is 4.74 Å². The fourth-order valence-electron chi connectivity index (χ4n) is 9.78. The highest BCUT2D eigenvalue weighted by molar-refractivity contribution is 5.83. The molecular weight excluding hydrogens is 594 g/mol. The zero-order chi connectivity index (χ0) is 34.0. The van der Waals surface area contributed by atoms with Gasteiger partial charge in [0.1, 0.15) is 23.0 Å². The molecule has 0 aromatic carbocycles. The second-order valence-corrected chi connectivity index (χ2v) is 16.7. The number of esters is 1. The van der Waals surface area contributed by atoms with Crippen LogP contribution in [0.15, 0.2) is 0 Å². The molecule has 4 aliphatic rings. The van der Waals surface area contributed by atoms with Crippen molar-refractivity contribution in [3.63, 3.8) is 0 Å². The van der Waals surface area contributed by atoms with Gasteiger partial charge in [-0.3, -0.25) is 29.3 Å². The molecule has 0 N–H and O–H groups in total. The average molecular weight is 658 g/mol. The molecule has 0 radical (unpaired) electrons. The Morgan fingerprint density at radius 1 is 0.553 bits per heavy atom. The van der Waals surface area contributed by atoms with Gasteiger partial charge in [-0.25, -0.2) is 0 Å². The third kappa shape index (κ3) is 11.5. The van der Waals surface area contributed by atoms with Gasteiger partial charge >= 0.3 is 5.97 Å². The number of ether oxygens (including phenoxy) is 1. The minimum atomic E-state index is -0.504. The molecular formula is C39H63NO7. The van der Waals surface area contributed by atoms with E-state index in [1.165, 1.54) is 0 Å². The summed E-state index contributed by atoms with van der Waals surface area (Å²) < 4.78 is 5.74. The van der Waals surface area contributed by atoms with Crippen LogP contribution in [0.5, 0.6) is 0 Å². The average Bonchev–Trinajstić information content (AvgIpc) is 3.04. The Bertz CT molecular complexity index is 1080. The van der Waals surface area contributed by atoms with E-state index in [-0.39, 0.29) is 70.6 Å². The number of carbonyl (C=O) groups is 4. The number of hydrogen-bond donors (Lipinski definition) is 0. The number of rotatable bonds is 15. The van der Waals surface area contributed by atoms with Crippen LogP contribution in [0.3, 0.4) is 0 Å². The fraction of sp³-hybridized carbons (Fsp3) is 0.897. The Morgan fingerprint density at radius 2 is 0.872 bits per heavy atom. The Hall–Kier alpha value is -2.12. The van der Waals surface area contributed by atoms with Crippen LogP contribution in [0.4, 0.5) is 0 Å². The van der Waals surface area contributed by atoms with Crippen molar-refractivity contribution in [1.29, 1.82) is 0 Å². The summed E-state index contributed by atoms with van der Waals surface area (Å²) in [7, 11) is 0. The Morgan fingerprint density at radius 3 is 1.26 bits per heavy atom. The summed E-state index contributed by atoms with van der Waals surface area (Å²) in [5.41, 5.74) is -0.504. The van der Waals surface area contributed by atoms with Crippen molar-refractivity contribution in [2.75, 3.05) is 6.54 Å². The second-order valence-electron chi connectivity index (χ2n) is 16.7. The van der Waals surface area contributed by atoms with Gasteiger partial charge in [0.05, 0.1) is 5.92 Å². The monoisotopic (exact) mass is 657 g/mol. The maximum atomic E-state index is 13.7. The Kier molecular flexibility index (Phi) is 14.5. The van der Waals surface area contributed by atoms with E-state index in [9.17, 15) is 29.3 Å². The van der Waals surface area contributed by atoms with Crippen LogP contribution in [0.2, 0.25) is 0 Å². The number of nitrogens with zero attached hydrogens (tertiary/aromatic N) is 1. The number of carbonyl (C=O) groups excluding carboxylic acids is 4. The van der Waals surface area contributed by atoms with Crippen LogP contribution in [0.25, 0.3) is 0 Å². The minimum Gasteiger partial charge on any atom is -0.460 e. The van der Waals surface area contributed by atoms with Crippen LogP contribution < -0.4 is 0 Å². The summed E-state index contributed by atoms with van der Waals surface area (Å²) in [6.45, 7) is 5.61. The van der Waals surface area contributed by atoms with Crippen LogP contribution >= 0.6 is 0 Å². The highest BCUT2D eigenvalue weighted by Gasteiger charge is 2.38. The second kappa shape index (κ2) is 18.0. The zero-order valence-electron chi connectivity index (χ0n) is 29.7. The molecule has 0 heterocycles. The highest BCUT2D eigenvalue weighted by Crippen LogP contribution is 2.41. The third-order valence-electron chi connectivity index (χ3n) is 12.3. The smallest absolute Gasteiger partial charge is 0.309 e. The molecule has 8 atom stereocenters. The third-order valence-corrected chi connectivity index (χ3v) is 12.3. The molecule has 8 heteroatoms. The van der Waals surface area contributed by atoms with Gasteiger partial charge in [-0.15, -0.1) is 0 Å². The number of Topliss-reactive ketones (excluding diaryl/α,β-unsaturated/α-hetero) is 3. The first-order chi connectivity index (χ1) is 22.4. The zero-order valence-corrected chi connectivity index (χ0v) is 29.7. The minimum absolute atomic E-state index is 0.00805. The molecule has 0 aromatic heterocycles. The van der Waals surface area contributed by atoms with Crippen molar-refractivity contribution < 1.29 is 28.8 Å². The molecule has 0 amide bonds. The van der Waals surface area contributed by atoms with E-state index in [0.29, 0.717) is 37.2 Å². The van der Waals surface area contributed by atoms with Crippen LogP contribution in [0, 0.1) is 57.5 Å². The van der Waals surface area contributed by atoms with Crippen LogP contribution in [0.1, 0.15) is 162 Å². The summed E-state index contributed by atoms with van der Waals surface area (Å²) in [6.07, 6.45) is 19.2. The molecule has 0 unspecified atom stereocenters. The first-order valence-corrected chi connectivity index (χ1v) is 19.4. The topological polar surface area (TPSA) is 121 Å². The molecule has 4 saturated carbocycles. The van der Waals surface area contributed by atoms with Gasteiger partial charge in [-0.05, 0) is 109 Å². The summed E-state index contributed by atoms with van der Waals surface area (Å²) in [6, 6.07) is 0. The molecule has 4 rings (SSSR count). The molecule has 4 aliphatic carbocycles. The summed E-state index contributed by atoms with van der Waals surface area (Å²) in [5.74, 6) is 0.921. The van der Waals surface area contributed by atoms with Gasteiger partial charge in [0.15, 0.2) is 0 Å². The lowest BCUT2D eigenvalue weighted by Crippen LogP contribution is -2.35. The van der Waals surface area contributed by atoms with E-state index in [2.05, 4.69) is 0 Å². The van der Waals surface area contributed by atoms with E-state index in [1.807, 2.05) is 20.8 Å². The molecule has 4 fully saturated rings. The first-order valence-electron chi connectivity index (χ1n) is 19.4. The van der Waals surface area contributed by atoms with Gasteiger partial charge in [-0.1, -0.05) is 51.4 Å². The van der Waals surface area contributed by atoms with Crippen molar-refractivity contribution in [3.05, 3.63) is 10.1 Å². The van der Waals surface area contributed by atoms with E-state index in [0.717, 1.165) is 116 Å². The molecule has 0 aromatic rings. The Labute approximate surface area is 283 Å². The fourth-order valence-corrected chi connectivity index (χ4v) is 9.78. The maximum Gasteiger partial charge on any atom is 0.309 e. The van der Waals surface area contributed by atoms with E-state index >= 15 is 0 Å². The summed E-state index contributed by atoms with van der Waals surface area (Å²) >= 11 is 0. The van der Waals surface area contributed by atoms with Crippen molar-refractivity contribution >= 4 is 23.3 Å². The molecule has 266 valence electrons. The van der Waals surface area contributed by atoms with Gasteiger partial charge in [0.25, 0.3) is 0 Å². The van der Waals surface area contributed by atoms with Crippen LogP contribution in [-0.2, 0) is 23.9 Å². The largest absolute Gasteiger partial charge is 0.460 e. The predicted octanol–water partition coefficient (Wildman–Crippen LogP) is 8.88. The SMILES string of the molecule is CC(C)(C)OC(=O)[C@@H]1CCCC[C@H]1CCC(=O)[C@@H]1CCCC[C@H]1CCC(=O)[C@@H]1CCCC[C@H]1CCC(=O)[C@@H]1CCCC[C@H]1C[N+](=O)[O-]. The Balaban J connectivity index is 1.27. The first kappa shape index (κ1) is 37.7. The molecule has 0 aliphatic heterocycles. The quantitative estimate of drug-likeness (QED) is 0.0980. The van der Waals surface area contributed by atoms with Crippen molar-refractivity contribution in [2.24, 2.45) is 47.3 Å². The molecule has 0 spiro atoms. The van der Waals surface area contributed by atoms with Gasteiger partial charge in [0.2, 0.25) is 6.54 Å². The molecule has 47 heavy (non-hydrogen) atoms. The van der Waals surface area contributed by atoms with Crippen LogP contribution in [-0.4, -0.2) is 40.4 Å².